The van der Waals surface area contributed by atoms with Crippen molar-refractivity contribution in [3.63, 3.8) is 0 Å². The second kappa shape index (κ2) is 6.86. The summed E-state index contributed by atoms with van der Waals surface area (Å²) in [5.41, 5.74) is 1.89. The summed E-state index contributed by atoms with van der Waals surface area (Å²) in [7, 11) is 0. The van der Waals surface area contributed by atoms with E-state index in [1.807, 2.05) is 30.5 Å². The van der Waals surface area contributed by atoms with Crippen molar-refractivity contribution >= 4 is 22.8 Å². The van der Waals surface area contributed by atoms with Crippen LogP contribution in [0.5, 0.6) is 0 Å². The summed E-state index contributed by atoms with van der Waals surface area (Å²) in [5.74, 6) is 0.209. The fourth-order valence-corrected chi connectivity index (χ4v) is 2.98. The van der Waals surface area contributed by atoms with Gasteiger partial charge in [0.25, 0.3) is 5.91 Å². The number of aromatic amines is 1. The molecule has 5 nitrogen and oxygen atoms in total. The van der Waals surface area contributed by atoms with Gasteiger partial charge in [0.2, 0.25) is 0 Å². The molecule has 1 aliphatic heterocycles. The van der Waals surface area contributed by atoms with Crippen molar-refractivity contribution < 1.29 is 14.3 Å². The first kappa shape index (κ1) is 15.6. The molecular weight excluding hydrogens is 292 g/mol. The highest BCUT2D eigenvalue weighted by atomic mass is 16.5. The first-order chi connectivity index (χ1) is 11.1. The molecule has 1 aromatic heterocycles. The van der Waals surface area contributed by atoms with Gasteiger partial charge in [-0.2, -0.15) is 0 Å². The van der Waals surface area contributed by atoms with Crippen molar-refractivity contribution in [3.05, 3.63) is 36.0 Å². The number of fused-ring (bicyclic) bond motifs is 1. The minimum Gasteiger partial charge on any atom is -0.455 e. The zero-order valence-corrected chi connectivity index (χ0v) is 13.4. The summed E-state index contributed by atoms with van der Waals surface area (Å²) in [6.45, 7) is 3.57. The normalized spacial score (nSPS) is 15.8. The van der Waals surface area contributed by atoms with Gasteiger partial charge in [0, 0.05) is 30.2 Å². The smallest absolute Gasteiger partial charge is 0.310 e. The number of piperidine rings is 1. The number of ether oxygens (including phenoxy) is 1. The van der Waals surface area contributed by atoms with Crippen molar-refractivity contribution in [2.45, 2.75) is 26.2 Å². The number of esters is 1. The number of nitrogens with one attached hydrogen (secondary N) is 1. The van der Waals surface area contributed by atoms with Crippen LogP contribution in [0.15, 0.2) is 30.5 Å². The van der Waals surface area contributed by atoms with Crippen LogP contribution < -0.4 is 0 Å². The molecule has 0 aliphatic carbocycles. The number of amides is 1. The molecule has 23 heavy (non-hydrogen) atoms. The highest BCUT2D eigenvalue weighted by Crippen LogP contribution is 2.19. The van der Waals surface area contributed by atoms with Crippen LogP contribution >= 0.6 is 0 Å². The monoisotopic (exact) mass is 314 g/mol. The van der Waals surface area contributed by atoms with Gasteiger partial charge in [0.15, 0.2) is 6.61 Å². The lowest BCUT2D eigenvalue weighted by Crippen LogP contribution is -2.40. The van der Waals surface area contributed by atoms with Gasteiger partial charge in [-0.1, -0.05) is 25.1 Å². The van der Waals surface area contributed by atoms with E-state index in [9.17, 15) is 9.59 Å². The van der Waals surface area contributed by atoms with Crippen LogP contribution in [0, 0.1) is 5.92 Å². The van der Waals surface area contributed by atoms with Gasteiger partial charge in [-0.25, -0.2) is 0 Å². The molecule has 1 amide bonds. The molecule has 2 heterocycles. The van der Waals surface area contributed by atoms with E-state index in [1.54, 1.807) is 4.90 Å². The highest BCUT2D eigenvalue weighted by Gasteiger charge is 2.21. The topological polar surface area (TPSA) is 62.4 Å². The molecule has 1 saturated heterocycles. The summed E-state index contributed by atoms with van der Waals surface area (Å²) in [6, 6.07) is 7.81. The van der Waals surface area contributed by atoms with Crippen molar-refractivity contribution in [3.8, 4) is 0 Å². The summed E-state index contributed by atoms with van der Waals surface area (Å²) < 4.78 is 5.16. The SMILES string of the molecule is CC1CCN(C(=O)COC(=O)Cc2c[nH]c3ccccc23)CC1. The number of H-pyrrole nitrogens is 1. The van der Waals surface area contributed by atoms with Crippen LogP contribution in [-0.4, -0.2) is 41.5 Å². The Kier molecular flexibility index (Phi) is 4.65. The summed E-state index contributed by atoms with van der Waals surface area (Å²) in [6.07, 6.45) is 4.04. The lowest BCUT2D eigenvalue weighted by atomic mass is 9.99. The van der Waals surface area contributed by atoms with Crippen LogP contribution in [0.3, 0.4) is 0 Å². The number of aromatic nitrogens is 1. The average molecular weight is 314 g/mol. The minimum atomic E-state index is -0.367. The Hall–Kier alpha value is -2.30. The average Bonchev–Trinajstić information content (AvgIpc) is 2.96. The molecule has 0 spiro atoms. The number of carbonyl (C=O) groups is 2. The zero-order chi connectivity index (χ0) is 16.2. The maximum Gasteiger partial charge on any atom is 0.310 e. The van der Waals surface area contributed by atoms with E-state index >= 15 is 0 Å². The Balaban J connectivity index is 1.51. The highest BCUT2D eigenvalue weighted by molar-refractivity contribution is 5.88. The molecule has 5 heteroatoms. The first-order valence-electron chi connectivity index (χ1n) is 8.12. The number of carbonyl (C=O) groups excluding carboxylic acids is 2. The molecule has 0 radical (unpaired) electrons. The summed E-state index contributed by atoms with van der Waals surface area (Å²) >= 11 is 0. The van der Waals surface area contributed by atoms with Crippen LogP contribution in [0.2, 0.25) is 0 Å². The van der Waals surface area contributed by atoms with Gasteiger partial charge in [-0.3, -0.25) is 9.59 Å². The van der Waals surface area contributed by atoms with Crippen LogP contribution in [-0.2, 0) is 20.7 Å². The molecule has 2 aromatic rings. The number of benzene rings is 1. The lowest BCUT2D eigenvalue weighted by Gasteiger charge is -2.30. The van der Waals surface area contributed by atoms with E-state index in [0.717, 1.165) is 42.4 Å². The Morgan fingerprint density at radius 3 is 2.78 bits per heavy atom. The van der Waals surface area contributed by atoms with Crippen molar-refractivity contribution in [2.24, 2.45) is 5.92 Å². The van der Waals surface area contributed by atoms with E-state index in [-0.39, 0.29) is 24.9 Å². The van der Waals surface area contributed by atoms with Gasteiger partial charge in [0.1, 0.15) is 0 Å². The minimum absolute atomic E-state index is 0.0934. The van der Waals surface area contributed by atoms with E-state index in [0.29, 0.717) is 5.92 Å². The third kappa shape index (κ3) is 3.73. The lowest BCUT2D eigenvalue weighted by molar-refractivity contribution is -0.152. The van der Waals surface area contributed by atoms with Gasteiger partial charge in [-0.15, -0.1) is 0 Å². The van der Waals surface area contributed by atoms with Crippen LogP contribution in [0.4, 0.5) is 0 Å². The molecule has 1 fully saturated rings. The third-order valence-electron chi connectivity index (χ3n) is 4.50. The molecule has 0 bridgehead atoms. The number of likely N-dealkylation sites (tertiary alicyclic amines) is 1. The summed E-state index contributed by atoms with van der Waals surface area (Å²) in [5, 5.41) is 1.01. The van der Waals surface area contributed by atoms with Crippen molar-refractivity contribution in [2.75, 3.05) is 19.7 Å². The fourth-order valence-electron chi connectivity index (χ4n) is 2.98. The van der Waals surface area contributed by atoms with E-state index in [2.05, 4.69) is 11.9 Å². The van der Waals surface area contributed by atoms with Gasteiger partial charge in [-0.05, 0) is 30.4 Å². The second-order valence-corrected chi connectivity index (χ2v) is 6.26. The Bertz CT molecular complexity index is 699. The maximum absolute atomic E-state index is 12.1. The van der Waals surface area contributed by atoms with Gasteiger partial charge < -0.3 is 14.6 Å². The molecule has 0 saturated carbocycles. The Labute approximate surface area is 135 Å². The molecule has 3 rings (SSSR count). The Morgan fingerprint density at radius 2 is 2.00 bits per heavy atom. The fraction of sp³-hybridized carbons (Fsp3) is 0.444. The number of nitrogens with zero attached hydrogens (tertiary/aromatic N) is 1. The zero-order valence-electron chi connectivity index (χ0n) is 13.4. The predicted octanol–water partition coefficient (Wildman–Crippen LogP) is 2.51. The van der Waals surface area contributed by atoms with Crippen molar-refractivity contribution in [1.29, 1.82) is 0 Å². The molecular formula is C18H22N2O3. The standard InChI is InChI=1S/C18H22N2O3/c1-13-6-8-20(9-7-13)17(21)12-23-18(22)10-14-11-19-16-5-3-2-4-15(14)16/h2-5,11,13,19H,6-10,12H2,1H3. The maximum atomic E-state index is 12.1. The molecule has 1 N–H and O–H groups in total. The number of rotatable bonds is 4. The van der Waals surface area contributed by atoms with Gasteiger partial charge in [0.05, 0.1) is 6.42 Å². The van der Waals surface area contributed by atoms with Gasteiger partial charge >= 0.3 is 5.97 Å². The molecule has 122 valence electrons. The number of para-hydroxylation sites is 1. The molecule has 1 aromatic carbocycles. The quantitative estimate of drug-likeness (QED) is 0.882. The second-order valence-electron chi connectivity index (χ2n) is 6.26. The predicted molar refractivity (Wildman–Crippen MR) is 87.9 cm³/mol. The molecule has 0 unspecified atom stereocenters. The Morgan fingerprint density at radius 1 is 1.26 bits per heavy atom. The molecule has 1 aliphatic rings. The summed E-state index contributed by atoms with van der Waals surface area (Å²) in [4.78, 5) is 29.0. The van der Waals surface area contributed by atoms with E-state index in [4.69, 9.17) is 4.74 Å². The number of hydrogen-bond donors (Lipinski definition) is 1. The van der Waals surface area contributed by atoms with E-state index in [1.165, 1.54) is 0 Å². The number of hydrogen-bond acceptors (Lipinski definition) is 3. The molecule has 0 atom stereocenters. The van der Waals surface area contributed by atoms with E-state index < -0.39 is 0 Å². The third-order valence-corrected chi connectivity index (χ3v) is 4.50. The van der Waals surface area contributed by atoms with Crippen molar-refractivity contribution in [1.82, 2.24) is 9.88 Å². The van der Waals surface area contributed by atoms with Crippen LogP contribution in [0.1, 0.15) is 25.3 Å². The van der Waals surface area contributed by atoms with Crippen LogP contribution in [0.25, 0.3) is 10.9 Å². The largest absolute Gasteiger partial charge is 0.455 e. The first-order valence-corrected chi connectivity index (χ1v) is 8.12.